The molecule has 0 aromatic heterocycles. The van der Waals surface area contributed by atoms with Gasteiger partial charge in [0.05, 0.1) is 18.8 Å². The Hall–Kier alpha value is -1.48. The first kappa shape index (κ1) is 17.3. The largest absolute Gasteiger partial charge is 0.478 e. The van der Waals surface area contributed by atoms with Gasteiger partial charge in [0.1, 0.15) is 0 Å². The van der Waals surface area contributed by atoms with Crippen LogP contribution in [0.15, 0.2) is 24.3 Å². The smallest absolute Gasteiger partial charge is 0.335 e. The molecule has 8 heteroatoms. The molecule has 2 saturated heterocycles. The minimum Gasteiger partial charge on any atom is -0.478 e. The second-order valence-corrected chi connectivity index (χ2v) is 8.08. The van der Waals surface area contributed by atoms with E-state index >= 15 is 0 Å². The summed E-state index contributed by atoms with van der Waals surface area (Å²) in [4.78, 5) is 11.1. The van der Waals surface area contributed by atoms with Crippen molar-refractivity contribution in [3.8, 4) is 0 Å². The Balaban J connectivity index is 1.76. The molecule has 2 aliphatic heterocycles. The molecule has 0 aliphatic carbocycles. The highest BCUT2D eigenvalue weighted by molar-refractivity contribution is 7.86. The molecule has 132 valence electrons. The van der Waals surface area contributed by atoms with Crippen molar-refractivity contribution >= 4 is 16.2 Å². The number of hydrogen-bond acceptors (Lipinski definition) is 4. The van der Waals surface area contributed by atoms with Gasteiger partial charge in [0.2, 0.25) is 0 Å². The lowest BCUT2D eigenvalue weighted by Crippen LogP contribution is -2.51. The van der Waals surface area contributed by atoms with E-state index in [1.165, 1.54) is 8.61 Å². The zero-order valence-electron chi connectivity index (χ0n) is 13.4. The lowest BCUT2D eigenvalue weighted by Gasteiger charge is -2.36. The van der Waals surface area contributed by atoms with Crippen LogP contribution in [0.1, 0.15) is 34.7 Å². The topological polar surface area (TPSA) is 87.2 Å². The van der Waals surface area contributed by atoms with Gasteiger partial charge in [-0.1, -0.05) is 12.1 Å². The second kappa shape index (κ2) is 7.18. The van der Waals surface area contributed by atoms with Gasteiger partial charge < -0.3 is 9.84 Å². The molecule has 0 amide bonds. The number of carboxylic acids is 1. The van der Waals surface area contributed by atoms with E-state index in [-0.39, 0.29) is 11.5 Å². The number of aromatic carboxylic acids is 1. The standard InChI is InChI=1S/C16H22N2O5S/c19-16(20)14-4-1-3-13(11-14)15-5-2-6-18(12-15)24(21,22)17-7-9-23-10-8-17/h1,3-4,11,15H,2,5-10,12H2,(H,19,20)/t15-/m0/s1. The van der Waals surface area contributed by atoms with Crippen molar-refractivity contribution in [1.82, 2.24) is 8.61 Å². The fourth-order valence-corrected chi connectivity index (χ4v) is 4.96. The first-order chi connectivity index (χ1) is 11.5. The van der Waals surface area contributed by atoms with Crippen LogP contribution in [-0.4, -0.2) is 67.5 Å². The van der Waals surface area contributed by atoms with Crippen LogP contribution in [0.4, 0.5) is 0 Å². The molecule has 1 atom stereocenters. The van der Waals surface area contributed by atoms with E-state index in [1.807, 2.05) is 6.07 Å². The summed E-state index contributed by atoms with van der Waals surface area (Å²) in [6.07, 6.45) is 1.63. The van der Waals surface area contributed by atoms with Gasteiger partial charge in [0, 0.05) is 26.2 Å². The number of benzene rings is 1. The van der Waals surface area contributed by atoms with E-state index < -0.39 is 16.2 Å². The zero-order chi connectivity index (χ0) is 17.2. The van der Waals surface area contributed by atoms with Crippen molar-refractivity contribution in [3.63, 3.8) is 0 Å². The summed E-state index contributed by atoms with van der Waals surface area (Å²) in [7, 11) is -3.48. The van der Waals surface area contributed by atoms with Crippen LogP contribution in [0.2, 0.25) is 0 Å². The Morgan fingerprint density at radius 1 is 1.17 bits per heavy atom. The molecule has 1 aromatic rings. The first-order valence-corrected chi connectivity index (χ1v) is 9.54. The number of carbonyl (C=O) groups is 1. The van der Waals surface area contributed by atoms with Gasteiger partial charge >= 0.3 is 5.97 Å². The molecule has 1 aromatic carbocycles. The molecular weight excluding hydrogens is 332 g/mol. The first-order valence-electron chi connectivity index (χ1n) is 8.15. The van der Waals surface area contributed by atoms with E-state index in [2.05, 4.69) is 0 Å². The summed E-state index contributed by atoms with van der Waals surface area (Å²) in [5, 5.41) is 9.13. The maximum atomic E-state index is 12.8. The van der Waals surface area contributed by atoms with Gasteiger partial charge in [-0.05, 0) is 36.5 Å². The predicted octanol–water partition coefficient (Wildman–Crippen LogP) is 1.14. The van der Waals surface area contributed by atoms with Gasteiger partial charge in [-0.15, -0.1) is 0 Å². The third kappa shape index (κ3) is 3.61. The summed E-state index contributed by atoms with van der Waals surface area (Å²) in [5.74, 6) is -0.945. The molecule has 0 unspecified atom stereocenters. The van der Waals surface area contributed by atoms with Crippen molar-refractivity contribution in [3.05, 3.63) is 35.4 Å². The highest BCUT2D eigenvalue weighted by Gasteiger charge is 2.34. The van der Waals surface area contributed by atoms with E-state index in [1.54, 1.807) is 18.2 Å². The molecule has 3 rings (SSSR count). The van der Waals surface area contributed by atoms with Gasteiger partial charge in [0.25, 0.3) is 10.2 Å². The van der Waals surface area contributed by atoms with E-state index in [0.717, 1.165) is 18.4 Å². The van der Waals surface area contributed by atoms with E-state index in [4.69, 9.17) is 9.84 Å². The minimum atomic E-state index is -3.48. The van der Waals surface area contributed by atoms with Crippen LogP contribution in [-0.2, 0) is 14.9 Å². The number of carboxylic acid groups (broad SMARTS) is 1. The van der Waals surface area contributed by atoms with Gasteiger partial charge in [-0.25, -0.2) is 4.79 Å². The third-order valence-electron chi connectivity index (χ3n) is 4.61. The normalized spacial score (nSPS) is 23.9. The van der Waals surface area contributed by atoms with Crippen LogP contribution in [0.3, 0.4) is 0 Å². The Morgan fingerprint density at radius 2 is 1.92 bits per heavy atom. The molecule has 2 heterocycles. The van der Waals surface area contributed by atoms with Crippen LogP contribution in [0.5, 0.6) is 0 Å². The maximum absolute atomic E-state index is 12.8. The van der Waals surface area contributed by atoms with Crippen molar-refractivity contribution in [2.75, 3.05) is 39.4 Å². The summed E-state index contributed by atoms with van der Waals surface area (Å²) in [6.45, 7) is 2.53. The van der Waals surface area contributed by atoms with Gasteiger partial charge in [-0.2, -0.15) is 17.0 Å². The molecule has 2 fully saturated rings. The number of ether oxygens (including phenoxy) is 1. The minimum absolute atomic E-state index is 0.0221. The van der Waals surface area contributed by atoms with Crippen LogP contribution >= 0.6 is 0 Å². The fourth-order valence-electron chi connectivity index (χ4n) is 3.29. The number of morpholine rings is 1. The molecule has 24 heavy (non-hydrogen) atoms. The van der Waals surface area contributed by atoms with E-state index in [0.29, 0.717) is 39.4 Å². The quantitative estimate of drug-likeness (QED) is 0.876. The summed E-state index contributed by atoms with van der Waals surface area (Å²) >= 11 is 0. The van der Waals surface area contributed by atoms with Gasteiger partial charge in [0.15, 0.2) is 0 Å². The second-order valence-electron chi connectivity index (χ2n) is 6.15. The Morgan fingerprint density at radius 3 is 2.62 bits per heavy atom. The molecule has 0 radical (unpaired) electrons. The van der Waals surface area contributed by atoms with Crippen LogP contribution in [0.25, 0.3) is 0 Å². The Labute approximate surface area is 142 Å². The lowest BCUT2D eigenvalue weighted by atomic mass is 9.91. The highest BCUT2D eigenvalue weighted by atomic mass is 32.2. The number of nitrogens with zero attached hydrogens (tertiary/aromatic N) is 2. The fraction of sp³-hybridized carbons (Fsp3) is 0.562. The van der Waals surface area contributed by atoms with Crippen molar-refractivity contribution in [2.45, 2.75) is 18.8 Å². The Bertz CT molecular complexity index is 700. The Kier molecular flexibility index (Phi) is 5.19. The summed E-state index contributed by atoms with van der Waals surface area (Å²) in [5.41, 5.74) is 1.12. The predicted molar refractivity (Wildman–Crippen MR) is 88.3 cm³/mol. The molecule has 2 aliphatic rings. The monoisotopic (exact) mass is 354 g/mol. The molecule has 7 nitrogen and oxygen atoms in total. The maximum Gasteiger partial charge on any atom is 0.335 e. The molecule has 0 bridgehead atoms. The lowest BCUT2D eigenvalue weighted by molar-refractivity contribution is 0.0695. The van der Waals surface area contributed by atoms with E-state index in [9.17, 15) is 13.2 Å². The van der Waals surface area contributed by atoms with Crippen molar-refractivity contribution in [1.29, 1.82) is 0 Å². The third-order valence-corrected chi connectivity index (χ3v) is 6.61. The molecule has 1 N–H and O–H groups in total. The molecule has 0 saturated carbocycles. The SMILES string of the molecule is O=C(O)c1cccc([C@H]2CCCN(S(=O)(=O)N3CCOCC3)C2)c1. The average Bonchev–Trinajstić information content (AvgIpc) is 2.62. The average molecular weight is 354 g/mol. The number of hydrogen-bond donors (Lipinski definition) is 1. The number of piperidine rings is 1. The van der Waals surface area contributed by atoms with Crippen LogP contribution in [0, 0.1) is 0 Å². The van der Waals surface area contributed by atoms with Crippen LogP contribution < -0.4 is 0 Å². The van der Waals surface area contributed by atoms with Crippen molar-refractivity contribution < 1.29 is 23.1 Å². The summed E-state index contributed by atoms with van der Waals surface area (Å²) < 4.78 is 33.8. The zero-order valence-corrected chi connectivity index (χ0v) is 14.2. The molecule has 0 spiro atoms. The molecular formula is C16H22N2O5S. The van der Waals surface area contributed by atoms with Crippen molar-refractivity contribution in [2.24, 2.45) is 0 Å². The number of rotatable bonds is 4. The highest BCUT2D eigenvalue weighted by Crippen LogP contribution is 2.29. The summed E-state index contributed by atoms with van der Waals surface area (Å²) in [6, 6.07) is 6.80. The van der Waals surface area contributed by atoms with Gasteiger partial charge in [-0.3, -0.25) is 0 Å².